The molecule has 1 fully saturated rings. The van der Waals surface area contributed by atoms with Crippen LogP contribution in [0.5, 0.6) is 0 Å². The van der Waals surface area contributed by atoms with E-state index >= 15 is 0 Å². The number of hydrogen-bond donors (Lipinski definition) is 1. The van der Waals surface area contributed by atoms with Gasteiger partial charge in [0.25, 0.3) is 0 Å². The summed E-state index contributed by atoms with van der Waals surface area (Å²) < 4.78 is 3.96. The minimum absolute atomic E-state index is 0.530. The first-order valence-electron chi connectivity index (χ1n) is 6.51. The molecule has 1 aliphatic carbocycles. The summed E-state index contributed by atoms with van der Waals surface area (Å²) in [6.07, 6.45) is 10.0. The molecule has 96 valence electrons. The van der Waals surface area contributed by atoms with Crippen molar-refractivity contribution in [1.29, 1.82) is 0 Å². The molecular formula is C13H18N4O. The molecule has 0 amide bonds. The Morgan fingerprint density at radius 1 is 1.44 bits per heavy atom. The van der Waals surface area contributed by atoms with E-state index < -0.39 is 6.10 Å². The van der Waals surface area contributed by atoms with E-state index in [1.165, 1.54) is 12.8 Å². The SMILES string of the molecule is CCCn1cc(C(O)c2cncn2C2CC2)cn1. The lowest BCUT2D eigenvalue weighted by Gasteiger charge is -2.11. The molecule has 0 aliphatic heterocycles. The number of aliphatic hydroxyl groups excluding tert-OH is 1. The van der Waals surface area contributed by atoms with Crippen molar-refractivity contribution in [3.63, 3.8) is 0 Å². The largest absolute Gasteiger partial charge is 0.382 e. The summed E-state index contributed by atoms with van der Waals surface area (Å²) >= 11 is 0. The maximum atomic E-state index is 10.4. The van der Waals surface area contributed by atoms with Crippen LogP contribution >= 0.6 is 0 Å². The molecule has 5 nitrogen and oxygen atoms in total. The van der Waals surface area contributed by atoms with E-state index in [9.17, 15) is 5.11 Å². The topological polar surface area (TPSA) is 55.9 Å². The average molecular weight is 246 g/mol. The second-order valence-electron chi connectivity index (χ2n) is 4.90. The number of aromatic nitrogens is 4. The summed E-state index contributed by atoms with van der Waals surface area (Å²) in [6, 6.07) is 0.530. The van der Waals surface area contributed by atoms with Gasteiger partial charge < -0.3 is 9.67 Å². The van der Waals surface area contributed by atoms with Crippen LogP contribution in [-0.4, -0.2) is 24.4 Å². The van der Waals surface area contributed by atoms with Gasteiger partial charge in [0, 0.05) is 24.3 Å². The summed E-state index contributed by atoms with van der Waals surface area (Å²) in [5.41, 5.74) is 1.71. The fourth-order valence-electron chi connectivity index (χ4n) is 2.23. The second-order valence-corrected chi connectivity index (χ2v) is 4.90. The van der Waals surface area contributed by atoms with Crippen molar-refractivity contribution in [2.45, 2.75) is 44.9 Å². The van der Waals surface area contributed by atoms with Crippen LogP contribution in [0.2, 0.25) is 0 Å². The van der Waals surface area contributed by atoms with E-state index in [0.29, 0.717) is 6.04 Å². The van der Waals surface area contributed by atoms with Gasteiger partial charge in [0.1, 0.15) is 6.10 Å². The number of rotatable bonds is 5. The quantitative estimate of drug-likeness (QED) is 0.876. The third kappa shape index (κ3) is 2.06. The van der Waals surface area contributed by atoms with Crippen molar-refractivity contribution in [1.82, 2.24) is 19.3 Å². The molecule has 0 radical (unpaired) electrons. The van der Waals surface area contributed by atoms with Crippen LogP contribution in [0, 0.1) is 0 Å². The Bertz CT molecular complexity index is 527. The van der Waals surface area contributed by atoms with Gasteiger partial charge in [0.15, 0.2) is 0 Å². The van der Waals surface area contributed by atoms with E-state index in [2.05, 4.69) is 21.6 Å². The summed E-state index contributed by atoms with van der Waals surface area (Å²) in [7, 11) is 0. The zero-order chi connectivity index (χ0) is 12.5. The minimum Gasteiger partial charge on any atom is -0.382 e. The van der Waals surface area contributed by atoms with E-state index in [1.807, 2.05) is 17.2 Å². The Labute approximate surface area is 106 Å². The van der Waals surface area contributed by atoms with Gasteiger partial charge in [0.05, 0.1) is 24.4 Å². The summed E-state index contributed by atoms with van der Waals surface area (Å²) in [5, 5.41) is 14.7. The number of aliphatic hydroxyl groups is 1. The lowest BCUT2D eigenvalue weighted by molar-refractivity contribution is 0.209. The monoisotopic (exact) mass is 246 g/mol. The van der Waals surface area contributed by atoms with Crippen LogP contribution < -0.4 is 0 Å². The smallest absolute Gasteiger partial charge is 0.124 e. The van der Waals surface area contributed by atoms with Crippen LogP contribution in [-0.2, 0) is 6.54 Å². The molecular weight excluding hydrogens is 228 g/mol. The standard InChI is InChI=1S/C13H18N4O/c1-2-5-16-8-10(6-15-16)13(18)12-7-14-9-17(12)11-3-4-11/h6-9,11,13,18H,2-5H2,1H3. The molecule has 0 spiro atoms. The van der Waals surface area contributed by atoms with Gasteiger partial charge in [-0.15, -0.1) is 0 Å². The predicted molar refractivity (Wildman–Crippen MR) is 67.1 cm³/mol. The van der Waals surface area contributed by atoms with Gasteiger partial charge in [-0.2, -0.15) is 5.10 Å². The molecule has 0 aromatic carbocycles. The Kier molecular flexibility index (Phi) is 2.91. The first-order valence-corrected chi connectivity index (χ1v) is 6.51. The van der Waals surface area contributed by atoms with Gasteiger partial charge in [-0.1, -0.05) is 6.92 Å². The van der Waals surface area contributed by atoms with Crippen molar-refractivity contribution in [3.05, 3.63) is 36.2 Å². The van der Waals surface area contributed by atoms with Crippen molar-refractivity contribution in [3.8, 4) is 0 Å². The predicted octanol–water partition coefficient (Wildman–Crippen LogP) is 1.91. The van der Waals surface area contributed by atoms with E-state index in [-0.39, 0.29) is 0 Å². The van der Waals surface area contributed by atoms with Crippen molar-refractivity contribution in [2.75, 3.05) is 0 Å². The molecule has 2 heterocycles. The Balaban J connectivity index is 1.83. The maximum absolute atomic E-state index is 10.4. The third-order valence-corrected chi connectivity index (χ3v) is 3.34. The zero-order valence-corrected chi connectivity index (χ0v) is 10.5. The first kappa shape index (κ1) is 11.5. The molecule has 1 unspecified atom stereocenters. The van der Waals surface area contributed by atoms with Gasteiger partial charge >= 0.3 is 0 Å². The van der Waals surface area contributed by atoms with Crippen molar-refractivity contribution < 1.29 is 5.11 Å². The van der Waals surface area contributed by atoms with E-state index in [1.54, 1.807) is 12.4 Å². The van der Waals surface area contributed by atoms with Crippen LogP contribution in [0.1, 0.15) is 49.6 Å². The molecule has 2 aromatic rings. The highest BCUT2D eigenvalue weighted by molar-refractivity contribution is 5.21. The number of hydrogen-bond acceptors (Lipinski definition) is 3. The highest BCUT2D eigenvalue weighted by atomic mass is 16.3. The van der Waals surface area contributed by atoms with Gasteiger partial charge in [-0.05, 0) is 19.3 Å². The number of aryl methyl sites for hydroxylation is 1. The Hall–Kier alpha value is -1.62. The number of nitrogens with zero attached hydrogens (tertiary/aromatic N) is 4. The Morgan fingerprint density at radius 3 is 3.00 bits per heavy atom. The van der Waals surface area contributed by atoms with Crippen LogP contribution in [0.25, 0.3) is 0 Å². The molecule has 2 aromatic heterocycles. The highest BCUT2D eigenvalue weighted by Gasteiger charge is 2.28. The van der Waals surface area contributed by atoms with E-state index in [0.717, 1.165) is 24.2 Å². The zero-order valence-electron chi connectivity index (χ0n) is 10.5. The van der Waals surface area contributed by atoms with Gasteiger partial charge in [0.2, 0.25) is 0 Å². The molecule has 18 heavy (non-hydrogen) atoms. The summed E-state index contributed by atoms with van der Waals surface area (Å²) in [4.78, 5) is 4.15. The molecule has 5 heteroatoms. The van der Waals surface area contributed by atoms with Crippen LogP contribution in [0.3, 0.4) is 0 Å². The highest BCUT2D eigenvalue weighted by Crippen LogP contribution is 2.37. The van der Waals surface area contributed by atoms with Crippen LogP contribution in [0.4, 0.5) is 0 Å². The fraction of sp³-hybridized carbons (Fsp3) is 0.538. The summed E-state index contributed by atoms with van der Waals surface area (Å²) in [6.45, 7) is 2.99. The molecule has 1 saturated carbocycles. The maximum Gasteiger partial charge on any atom is 0.124 e. The normalized spacial score (nSPS) is 17.0. The molecule has 1 N–H and O–H groups in total. The van der Waals surface area contributed by atoms with Gasteiger partial charge in [-0.25, -0.2) is 4.98 Å². The molecule has 1 aliphatic rings. The molecule has 1 atom stereocenters. The van der Waals surface area contributed by atoms with Crippen molar-refractivity contribution >= 4 is 0 Å². The fourth-order valence-corrected chi connectivity index (χ4v) is 2.23. The summed E-state index contributed by atoms with van der Waals surface area (Å²) in [5.74, 6) is 0. The average Bonchev–Trinajstić information content (AvgIpc) is 2.93. The van der Waals surface area contributed by atoms with Gasteiger partial charge in [-0.3, -0.25) is 4.68 Å². The molecule has 0 saturated heterocycles. The van der Waals surface area contributed by atoms with Crippen molar-refractivity contribution in [2.24, 2.45) is 0 Å². The van der Waals surface area contributed by atoms with E-state index in [4.69, 9.17) is 0 Å². The second kappa shape index (κ2) is 4.57. The Morgan fingerprint density at radius 2 is 2.28 bits per heavy atom. The first-order chi connectivity index (χ1) is 8.79. The molecule has 3 rings (SSSR count). The van der Waals surface area contributed by atoms with Crippen LogP contribution in [0.15, 0.2) is 24.9 Å². The molecule has 0 bridgehead atoms. The lowest BCUT2D eigenvalue weighted by atomic mass is 10.1. The minimum atomic E-state index is -0.626. The third-order valence-electron chi connectivity index (χ3n) is 3.34. The lowest BCUT2D eigenvalue weighted by Crippen LogP contribution is -2.06. The number of imidazole rings is 1.